The quantitative estimate of drug-likeness (QED) is 0.619. The van der Waals surface area contributed by atoms with Gasteiger partial charge in [-0.3, -0.25) is 9.59 Å². The lowest BCUT2D eigenvalue weighted by Gasteiger charge is -2.08. The van der Waals surface area contributed by atoms with Crippen molar-refractivity contribution >= 4 is 22.7 Å². The van der Waals surface area contributed by atoms with Crippen LogP contribution in [0.1, 0.15) is 16.3 Å². The topological polar surface area (TPSA) is 90.3 Å². The van der Waals surface area contributed by atoms with Gasteiger partial charge in [0, 0.05) is 12.1 Å². The molecule has 0 aliphatic carbocycles. The Morgan fingerprint density at radius 3 is 2.88 bits per heavy atom. The van der Waals surface area contributed by atoms with Crippen LogP contribution in [0.25, 0.3) is 11.0 Å². The zero-order chi connectivity index (χ0) is 17.2. The van der Waals surface area contributed by atoms with E-state index in [0.29, 0.717) is 29.1 Å². The number of furan rings is 1. The molecule has 124 valence electrons. The van der Waals surface area contributed by atoms with Gasteiger partial charge in [0.05, 0.1) is 17.8 Å². The zero-order valence-corrected chi connectivity index (χ0v) is 13.0. The molecule has 0 saturated heterocycles. The van der Waals surface area contributed by atoms with Crippen molar-refractivity contribution in [3.05, 3.63) is 82.7 Å². The fourth-order valence-electron chi connectivity index (χ4n) is 2.51. The predicted octanol–water partition coefficient (Wildman–Crippen LogP) is 2.88. The highest BCUT2D eigenvalue weighted by molar-refractivity contribution is 6.02. The lowest BCUT2D eigenvalue weighted by atomic mass is 10.2. The molecule has 0 spiro atoms. The third kappa shape index (κ3) is 2.94. The number of benzene rings is 1. The summed E-state index contributed by atoms with van der Waals surface area (Å²) in [7, 11) is 0. The number of anilines is 1. The van der Waals surface area contributed by atoms with Crippen LogP contribution in [-0.4, -0.2) is 15.7 Å². The predicted molar refractivity (Wildman–Crippen MR) is 90.5 cm³/mol. The monoisotopic (exact) mass is 335 g/mol. The second-order valence-corrected chi connectivity index (χ2v) is 5.38. The summed E-state index contributed by atoms with van der Waals surface area (Å²) in [4.78, 5) is 24.6. The van der Waals surface area contributed by atoms with Crippen LogP contribution in [0.4, 0.5) is 5.82 Å². The smallest absolute Gasteiger partial charge is 0.292 e. The summed E-state index contributed by atoms with van der Waals surface area (Å²) in [5.74, 6) is 0.590. The van der Waals surface area contributed by atoms with Crippen LogP contribution in [0.3, 0.4) is 0 Å². The Morgan fingerprint density at radius 2 is 2.04 bits per heavy atom. The highest BCUT2D eigenvalue weighted by atomic mass is 16.3. The maximum atomic E-state index is 12.5. The molecule has 0 saturated carbocycles. The van der Waals surface area contributed by atoms with Gasteiger partial charge in [-0.05, 0) is 24.3 Å². The van der Waals surface area contributed by atoms with Crippen LogP contribution in [-0.2, 0) is 6.54 Å². The number of amides is 1. The van der Waals surface area contributed by atoms with Crippen LogP contribution in [0.2, 0.25) is 0 Å². The molecule has 0 unspecified atom stereocenters. The number of nitrogens with zero attached hydrogens (tertiary/aromatic N) is 2. The molecule has 25 heavy (non-hydrogen) atoms. The Hall–Kier alpha value is -3.61. The van der Waals surface area contributed by atoms with Crippen LogP contribution >= 0.6 is 0 Å². The summed E-state index contributed by atoms with van der Waals surface area (Å²) in [6.45, 7) is 0.372. The first-order valence-corrected chi connectivity index (χ1v) is 7.59. The minimum Gasteiger partial charge on any atom is -0.467 e. The fourth-order valence-corrected chi connectivity index (χ4v) is 2.51. The number of carbonyl (C=O) groups is 1. The highest BCUT2D eigenvalue weighted by Gasteiger charge is 2.15. The molecule has 0 bridgehead atoms. The van der Waals surface area contributed by atoms with E-state index in [2.05, 4.69) is 10.4 Å². The van der Waals surface area contributed by atoms with E-state index < -0.39 is 5.91 Å². The maximum absolute atomic E-state index is 12.5. The largest absolute Gasteiger partial charge is 0.467 e. The molecule has 1 aromatic carbocycles. The van der Waals surface area contributed by atoms with Gasteiger partial charge in [0.15, 0.2) is 11.2 Å². The molecule has 3 heterocycles. The summed E-state index contributed by atoms with van der Waals surface area (Å²) >= 11 is 0. The van der Waals surface area contributed by atoms with Crippen LogP contribution in [0, 0.1) is 0 Å². The van der Waals surface area contributed by atoms with Gasteiger partial charge in [0.25, 0.3) is 5.91 Å². The Morgan fingerprint density at radius 1 is 1.16 bits per heavy atom. The lowest BCUT2D eigenvalue weighted by molar-refractivity contribution is 0.0996. The van der Waals surface area contributed by atoms with E-state index in [1.165, 1.54) is 6.07 Å². The van der Waals surface area contributed by atoms with Gasteiger partial charge < -0.3 is 14.2 Å². The lowest BCUT2D eigenvalue weighted by Crippen LogP contribution is -2.18. The molecule has 0 aliphatic heterocycles. The first kappa shape index (κ1) is 14.9. The van der Waals surface area contributed by atoms with Crippen LogP contribution in [0.5, 0.6) is 0 Å². The van der Waals surface area contributed by atoms with Gasteiger partial charge in [-0.15, -0.1) is 0 Å². The number of hydrogen-bond acceptors (Lipinski definition) is 5. The number of para-hydroxylation sites is 1. The van der Waals surface area contributed by atoms with Crippen LogP contribution < -0.4 is 10.7 Å². The van der Waals surface area contributed by atoms with Gasteiger partial charge in [-0.1, -0.05) is 12.1 Å². The van der Waals surface area contributed by atoms with Crippen molar-refractivity contribution < 1.29 is 13.6 Å². The van der Waals surface area contributed by atoms with Gasteiger partial charge in [-0.25, -0.2) is 4.68 Å². The molecule has 4 aromatic rings. The molecular formula is C18H13N3O4. The number of fused-ring (bicyclic) bond motifs is 1. The van der Waals surface area contributed by atoms with Gasteiger partial charge in [-0.2, -0.15) is 5.10 Å². The molecule has 4 rings (SSSR count). The Labute approximate surface area is 141 Å². The number of hydrogen-bond donors (Lipinski definition) is 1. The number of aromatic nitrogens is 2. The van der Waals surface area contributed by atoms with E-state index >= 15 is 0 Å². The molecule has 3 aromatic heterocycles. The summed E-state index contributed by atoms with van der Waals surface area (Å²) in [5.41, 5.74) is 0.0975. The normalized spacial score (nSPS) is 10.9. The average molecular weight is 335 g/mol. The molecular weight excluding hydrogens is 322 g/mol. The van der Waals surface area contributed by atoms with Crippen LogP contribution in [0.15, 0.2) is 74.6 Å². The molecule has 7 nitrogen and oxygen atoms in total. The van der Waals surface area contributed by atoms with Crippen molar-refractivity contribution in [3.63, 3.8) is 0 Å². The minimum atomic E-state index is -0.524. The van der Waals surface area contributed by atoms with Crippen molar-refractivity contribution in [1.82, 2.24) is 9.78 Å². The third-order valence-electron chi connectivity index (χ3n) is 3.70. The average Bonchev–Trinajstić information content (AvgIpc) is 3.28. The van der Waals surface area contributed by atoms with Crippen molar-refractivity contribution in [2.45, 2.75) is 6.54 Å². The molecule has 0 fully saturated rings. The van der Waals surface area contributed by atoms with E-state index in [9.17, 15) is 9.59 Å². The summed E-state index contributed by atoms with van der Waals surface area (Å²) < 4.78 is 12.4. The van der Waals surface area contributed by atoms with Crippen molar-refractivity contribution in [1.29, 1.82) is 0 Å². The van der Waals surface area contributed by atoms with E-state index in [4.69, 9.17) is 8.83 Å². The Kier molecular flexibility index (Phi) is 3.66. The Balaban J connectivity index is 1.61. The second kappa shape index (κ2) is 6.12. The van der Waals surface area contributed by atoms with Crippen molar-refractivity contribution in [2.75, 3.05) is 5.32 Å². The zero-order valence-electron chi connectivity index (χ0n) is 13.0. The Bertz CT molecular complexity index is 1090. The highest BCUT2D eigenvalue weighted by Crippen LogP contribution is 2.15. The fraction of sp³-hybridized carbons (Fsp3) is 0.0556. The number of rotatable bonds is 4. The molecule has 0 radical (unpaired) electrons. The molecule has 0 aliphatic rings. The van der Waals surface area contributed by atoms with Gasteiger partial charge in [0.2, 0.25) is 0 Å². The van der Waals surface area contributed by atoms with Gasteiger partial charge >= 0.3 is 0 Å². The molecule has 7 heteroatoms. The van der Waals surface area contributed by atoms with E-state index in [1.54, 1.807) is 53.5 Å². The first-order chi connectivity index (χ1) is 12.2. The molecule has 0 atom stereocenters. The van der Waals surface area contributed by atoms with Crippen molar-refractivity contribution in [2.24, 2.45) is 0 Å². The number of nitrogens with one attached hydrogen (secondary N) is 1. The second-order valence-electron chi connectivity index (χ2n) is 5.38. The summed E-state index contributed by atoms with van der Waals surface area (Å²) in [6.07, 6.45) is 3.13. The first-order valence-electron chi connectivity index (χ1n) is 7.59. The SMILES string of the molecule is O=C(Nc1ccnn1Cc1ccco1)c1cc(=O)c2ccccc2o1. The van der Waals surface area contributed by atoms with E-state index in [0.717, 1.165) is 0 Å². The summed E-state index contributed by atoms with van der Waals surface area (Å²) in [6, 6.07) is 13.2. The van der Waals surface area contributed by atoms with E-state index in [-0.39, 0.29) is 11.2 Å². The standard InChI is InChI=1S/C18H13N3O4/c22-14-10-16(25-15-6-2-1-5-13(14)15)18(23)20-17-7-8-19-21(17)11-12-4-3-9-24-12/h1-10H,11H2,(H,20,23). The minimum absolute atomic E-state index is 0.0607. The molecule has 1 N–H and O–H groups in total. The number of carbonyl (C=O) groups excluding carboxylic acids is 1. The molecule has 1 amide bonds. The third-order valence-corrected chi connectivity index (χ3v) is 3.70. The summed E-state index contributed by atoms with van der Waals surface area (Å²) in [5, 5.41) is 7.29. The van der Waals surface area contributed by atoms with Crippen molar-refractivity contribution in [3.8, 4) is 0 Å². The maximum Gasteiger partial charge on any atom is 0.292 e. The van der Waals surface area contributed by atoms with Gasteiger partial charge in [0.1, 0.15) is 23.7 Å². The van der Waals surface area contributed by atoms with E-state index in [1.807, 2.05) is 6.07 Å².